The van der Waals surface area contributed by atoms with Crippen molar-refractivity contribution >= 4 is 23.2 Å². The lowest BCUT2D eigenvalue weighted by molar-refractivity contribution is -0.187. The molecule has 0 saturated carbocycles. The Bertz CT molecular complexity index is 867. The molecule has 6 nitrogen and oxygen atoms in total. The van der Waals surface area contributed by atoms with Crippen molar-refractivity contribution < 1.29 is 27.9 Å². The summed E-state index contributed by atoms with van der Waals surface area (Å²) in [4.78, 5) is 29.4. The summed E-state index contributed by atoms with van der Waals surface area (Å²) in [5, 5.41) is 12.2. The number of alkyl halides is 3. The summed E-state index contributed by atoms with van der Waals surface area (Å²) >= 11 is 1.51. The van der Waals surface area contributed by atoms with E-state index in [4.69, 9.17) is 0 Å². The van der Waals surface area contributed by atoms with Gasteiger partial charge in [0.05, 0.1) is 22.2 Å². The zero-order valence-electron chi connectivity index (χ0n) is 14.9. The second-order valence-corrected chi connectivity index (χ2v) is 7.40. The number of β-amino-alcohol motifs (C(OH)–C–C–N with tert-alkyl or cyclic N) is 1. The topological polar surface area (TPSA) is 82.5 Å². The van der Waals surface area contributed by atoms with Crippen molar-refractivity contribution in [2.75, 3.05) is 6.54 Å². The lowest BCUT2D eigenvalue weighted by Gasteiger charge is -2.24. The molecule has 1 aliphatic rings. The number of aliphatic hydroxyl groups is 1. The maximum absolute atomic E-state index is 12.7. The Labute approximate surface area is 163 Å². The minimum absolute atomic E-state index is 0.0986. The molecule has 1 saturated heterocycles. The number of amides is 2. The maximum Gasteiger partial charge on any atom is 0.471 e. The fourth-order valence-corrected chi connectivity index (χ4v) is 3.92. The SMILES string of the molecule is Cc1ncsc1-c1ccc(CNC(=O)[C@@H]2C[C@@H](O)CN2C(=O)C(F)(F)F)cc1. The molecular weight excluding hydrogens is 395 g/mol. The van der Waals surface area contributed by atoms with E-state index in [2.05, 4.69) is 10.3 Å². The highest BCUT2D eigenvalue weighted by Gasteiger charge is 2.49. The number of aryl methyl sites for hydroxylation is 1. The number of hydrogen-bond acceptors (Lipinski definition) is 5. The number of halogens is 3. The molecule has 2 aromatic rings. The number of benzene rings is 1. The van der Waals surface area contributed by atoms with Crippen LogP contribution >= 0.6 is 11.3 Å². The first-order chi connectivity index (χ1) is 13.2. The summed E-state index contributed by atoms with van der Waals surface area (Å²) in [5.74, 6) is -2.84. The summed E-state index contributed by atoms with van der Waals surface area (Å²) in [7, 11) is 0. The van der Waals surface area contributed by atoms with Gasteiger partial charge in [-0.25, -0.2) is 4.98 Å². The van der Waals surface area contributed by atoms with Gasteiger partial charge in [0.2, 0.25) is 5.91 Å². The minimum Gasteiger partial charge on any atom is -0.391 e. The molecule has 28 heavy (non-hydrogen) atoms. The molecule has 0 bridgehead atoms. The largest absolute Gasteiger partial charge is 0.471 e. The average molecular weight is 413 g/mol. The zero-order chi connectivity index (χ0) is 20.5. The number of carbonyl (C=O) groups excluding carboxylic acids is 2. The molecule has 1 fully saturated rings. The minimum atomic E-state index is -5.09. The Morgan fingerprint density at radius 3 is 2.57 bits per heavy atom. The first kappa shape index (κ1) is 20.3. The van der Waals surface area contributed by atoms with E-state index in [1.807, 2.05) is 19.1 Å². The fraction of sp³-hybridized carbons (Fsp3) is 0.389. The Morgan fingerprint density at radius 1 is 1.32 bits per heavy atom. The van der Waals surface area contributed by atoms with Gasteiger partial charge in [-0.2, -0.15) is 13.2 Å². The zero-order valence-corrected chi connectivity index (χ0v) is 15.7. The van der Waals surface area contributed by atoms with Crippen molar-refractivity contribution in [3.63, 3.8) is 0 Å². The van der Waals surface area contributed by atoms with Crippen LogP contribution in [0.15, 0.2) is 29.8 Å². The predicted molar refractivity (Wildman–Crippen MR) is 96.3 cm³/mol. The van der Waals surface area contributed by atoms with Gasteiger partial charge in [0, 0.05) is 19.5 Å². The highest BCUT2D eigenvalue weighted by Crippen LogP contribution is 2.28. The summed E-state index contributed by atoms with van der Waals surface area (Å²) in [6, 6.07) is 6.01. The van der Waals surface area contributed by atoms with Crippen LogP contribution in [0.5, 0.6) is 0 Å². The monoisotopic (exact) mass is 413 g/mol. The predicted octanol–water partition coefficient (Wildman–Crippen LogP) is 2.26. The molecule has 1 aromatic heterocycles. The van der Waals surface area contributed by atoms with Gasteiger partial charge in [0.25, 0.3) is 0 Å². The highest BCUT2D eigenvalue weighted by atomic mass is 32.1. The van der Waals surface area contributed by atoms with E-state index in [1.54, 1.807) is 17.6 Å². The molecule has 150 valence electrons. The third-order valence-electron chi connectivity index (χ3n) is 4.51. The molecule has 2 atom stereocenters. The Hall–Kier alpha value is -2.46. The van der Waals surface area contributed by atoms with E-state index in [0.717, 1.165) is 21.7 Å². The number of rotatable bonds is 4. The standard InChI is InChI=1S/C18H18F3N3O3S/c1-10-15(28-9-23-10)12-4-2-11(3-5-12)7-22-16(26)14-6-13(25)8-24(14)17(27)18(19,20)21/h2-5,9,13-14,25H,6-8H2,1H3,(H,22,26)/t13-,14+/m1/s1. The van der Waals surface area contributed by atoms with Crippen molar-refractivity contribution in [1.29, 1.82) is 0 Å². The van der Waals surface area contributed by atoms with Crippen LogP contribution in [0.25, 0.3) is 10.4 Å². The van der Waals surface area contributed by atoms with Crippen molar-refractivity contribution in [2.24, 2.45) is 0 Å². The normalized spacial score (nSPS) is 19.7. The molecule has 0 unspecified atom stereocenters. The fourth-order valence-electron chi connectivity index (χ4n) is 3.11. The molecule has 3 rings (SSSR count). The molecule has 10 heteroatoms. The van der Waals surface area contributed by atoms with Gasteiger partial charge in [0.15, 0.2) is 0 Å². The molecule has 1 aliphatic heterocycles. The molecular formula is C18H18F3N3O3S. The summed E-state index contributed by atoms with van der Waals surface area (Å²) in [5.41, 5.74) is 4.41. The first-order valence-corrected chi connectivity index (χ1v) is 9.37. The van der Waals surface area contributed by atoms with Gasteiger partial charge in [-0.15, -0.1) is 11.3 Å². The Kier molecular flexibility index (Phi) is 5.71. The summed E-state index contributed by atoms with van der Waals surface area (Å²) in [6.07, 6.45) is -6.48. The van der Waals surface area contributed by atoms with Crippen molar-refractivity contribution in [2.45, 2.75) is 38.2 Å². The van der Waals surface area contributed by atoms with Crippen LogP contribution in [0.4, 0.5) is 13.2 Å². The van der Waals surface area contributed by atoms with Crippen molar-refractivity contribution in [3.05, 3.63) is 41.0 Å². The number of likely N-dealkylation sites (tertiary alicyclic amines) is 1. The Morgan fingerprint density at radius 2 is 2.00 bits per heavy atom. The van der Waals surface area contributed by atoms with E-state index in [9.17, 15) is 27.9 Å². The number of nitrogens with one attached hydrogen (secondary N) is 1. The Balaban J connectivity index is 1.63. The number of aromatic nitrogens is 1. The third-order valence-corrected chi connectivity index (χ3v) is 5.49. The second kappa shape index (κ2) is 7.88. The smallest absolute Gasteiger partial charge is 0.391 e. The van der Waals surface area contributed by atoms with Crippen molar-refractivity contribution in [1.82, 2.24) is 15.2 Å². The van der Waals surface area contributed by atoms with Crippen molar-refractivity contribution in [3.8, 4) is 10.4 Å². The molecule has 0 aliphatic carbocycles. The van der Waals surface area contributed by atoms with E-state index in [0.29, 0.717) is 4.90 Å². The highest BCUT2D eigenvalue weighted by molar-refractivity contribution is 7.13. The summed E-state index contributed by atoms with van der Waals surface area (Å²) in [6.45, 7) is 1.49. The quantitative estimate of drug-likeness (QED) is 0.806. The molecule has 0 spiro atoms. The van der Waals surface area contributed by atoms with Gasteiger partial charge in [-0.3, -0.25) is 9.59 Å². The van der Waals surface area contributed by atoms with E-state index >= 15 is 0 Å². The molecule has 0 radical (unpaired) electrons. The molecule has 2 amide bonds. The lowest BCUT2D eigenvalue weighted by Crippen LogP contribution is -2.50. The van der Waals surface area contributed by atoms with Crippen LogP contribution < -0.4 is 5.32 Å². The van der Waals surface area contributed by atoms with Gasteiger partial charge < -0.3 is 15.3 Å². The third kappa shape index (κ3) is 4.33. The number of thiazole rings is 1. The summed E-state index contributed by atoms with van der Waals surface area (Å²) < 4.78 is 38.1. The number of hydrogen-bond donors (Lipinski definition) is 2. The first-order valence-electron chi connectivity index (χ1n) is 8.49. The van der Waals surface area contributed by atoms with Crippen LogP contribution in [-0.2, 0) is 16.1 Å². The van der Waals surface area contributed by atoms with Crippen LogP contribution in [0, 0.1) is 6.92 Å². The van der Waals surface area contributed by atoms with Gasteiger partial charge in [-0.1, -0.05) is 24.3 Å². The maximum atomic E-state index is 12.7. The van der Waals surface area contributed by atoms with E-state index < -0.39 is 36.7 Å². The number of nitrogens with zero attached hydrogens (tertiary/aromatic N) is 2. The number of aliphatic hydroxyl groups excluding tert-OH is 1. The lowest BCUT2D eigenvalue weighted by atomic mass is 10.1. The van der Waals surface area contributed by atoms with Gasteiger partial charge in [-0.05, 0) is 18.1 Å². The van der Waals surface area contributed by atoms with Crippen LogP contribution in [0.1, 0.15) is 17.7 Å². The van der Waals surface area contributed by atoms with E-state index in [1.165, 1.54) is 11.3 Å². The van der Waals surface area contributed by atoms with Crippen LogP contribution in [0.3, 0.4) is 0 Å². The van der Waals surface area contributed by atoms with Crippen LogP contribution in [0.2, 0.25) is 0 Å². The average Bonchev–Trinajstić information content (AvgIpc) is 3.24. The molecule has 2 N–H and O–H groups in total. The molecule has 1 aromatic carbocycles. The second-order valence-electron chi connectivity index (χ2n) is 6.54. The van der Waals surface area contributed by atoms with Gasteiger partial charge in [0.1, 0.15) is 6.04 Å². The number of carbonyl (C=O) groups is 2. The van der Waals surface area contributed by atoms with Crippen LogP contribution in [-0.4, -0.2) is 51.7 Å². The molecule has 2 heterocycles. The van der Waals surface area contributed by atoms with Gasteiger partial charge >= 0.3 is 12.1 Å². The van der Waals surface area contributed by atoms with E-state index in [-0.39, 0.29) is 13.0 Å².